The summed E-state index contributed by atoms with van der Waals surface area (Å²) in [7, 11) is 0. The van der Waals surface area contributed by atoms with Gasteiger partial charge in [-0.25, -0.2) is 4.79 Å². The molecule has 1 aromatic carbocycles. The van der Waals surface area contributed by atoms with Crippen LogP contribution in [-0.4, -0.2) is 53.3 Å². The number of carboxylic acids is 1. The normalized spacial score (nSPS) is 15.7. The molecular formula is C18H22ClN3O3. The highest BCUT2D eigenvalue weighted by atomic mass is 35.5. The molecule has 0 aliphatic carbocycles. The van der Waals surface area contributed by atoms with Crippen molar-refractivity contribution in [2.45, 2.75) is 20.4 Å². The number of hydrogen-bond acceptors (Lipinski definition) is 4. The minimum atomic E-state index is -1.22. The van der Waals surface area contributed by atoms with Crippen LogP contribution in [0.25, 0.3) is 10.9 Å². The highest BCUT2D eigenvalue weighted by Gasteiger charge is 2.21. The Hall–Kier alpha value is -2.05. The topological polar surface area (TPSA) is 65.8 Å². The molecule has 1 saturated heterocycles. The van der Waals surface area contributed by atoms with Gasteiger partial charge >= 0.3 is 5.97 Å². The van der Waals surface area contributed by atoms with E-state index in [-0.39, 0.29) is 5.56 Å². The van der Waals surface area contributed by atoms with Crippen LogP contribution in [0.2, 0.25) is 5.02 Å². The quantitative estimate of drug-likeness (QED) is 0.904. The number of carbonyl (C=O) groups is 1. The van der Waals surface area contributed by atoms with Gasteiger partial charge in [0.25, 0.3) is 0 Å². The van der Waals surface area contributed by atoms with Gasteiger partial charge in [0.15, 0.2) is 0 Å². The summed E-state index contributed by atoms with van der Waals surface area (Å²) in [5.74, 6) is -1.22. The summed E-state index contributed by atoms with van der Waals surface area (Å²) in [6.45, 7) is 9.38. The largest absolute Gasteiger partial charge is 0.477 e. The lowest BCUT2D eigenvalue weighted by molar-refractivity contribution is 0.0695. The first-order valence-electron chi connectivity index (χ1n) is 8.53. The van der Waals surface area contributed by atoms with Crippen molar-refractivity contribution in [2.75, 3.05) is 37.6 Å². The van der Waals surface area contributed by atoms with E-state index in [0.717, 1.165) is 43.9 Å². The zero-order chi connectivity index (χ0) is 18.1. The fraction of sp³-hybridized carbons (Fsp3) is 0.444. The summed E-state index contributed by atoms with van der Waals surface area (Å²) in [6.07, 6.45) is 1.42. The van der Waals surface area contributed by atoms with Gasteiger partial charge in [0.05, 0.1) is 16.2 Å². The van der Waals surface area contributed by atoms with Crippen molar-refractivity contribution >= 4 is 34.2 Å². The lowest BCUT2D eigenvalue weighted by Crippen LogP contribution is -2.46. The molecule has 6 nitrogen and oxygen atoms in total. The number of carboxylic acid groups (broad SMARTS) is 1. The number of aryl methyl sites for hydroxylation is 1. The second-order valence-electron chi connectivity index (χ2n) is 6.21. The maximum Gasteiger partial charge on any atom is 0.341 e. The number of hydrogen-bond donors (Lipinski definition) is 1. The molecule has 7 heteroatoms. The molecule has 1 fully saturated rings. The molecular weight excluding hydrogens is 342 g/mol. The van der Waals surface area contributed by atoms with E-state index >= 15 is 0 Å². The predicted molar refractivity (Wildman–Crippen MR) is 100 cm³/mol. The van der Waals surface area contributed by atoms with E-state index in [1.807, 2.05) is 13.0 Å². The molecule has 1 aromatic heterocycles. The molecule has 0 amide bonds. The Bertz CT molecular complexity index is 870. The molecule has 2 heterocycles. The highest BCUT2D eigenvalue weighted by molar-refractivity contribution is 6.34. The van der Waals surface area contributed by atoms with Crippen LogP contribution in [0, 0.1) is 0 Å². The number of aromatic nitrogens is 1. The summed E-state index contributed by atoms with van der Waals surface area (Å²) in [5.41, 5.74) is 0.899. The van der Waals surface area contributed by atoms with Crippen molar-refractivity contribution in [1.82, 2.24) is 9.47 Å². The zero-order valence-electron chi connectivity index (χ0n) is 14.5. The average Bonchev–Trinajstić information content (AvgIpc) is 2.62. The number of piperazine rings is 1. The number of halogens is 1. The van der Waals surface area contributed by atoms with Crippen LogP contribution in [0.4, 0.5) is 5.69 Å². The molecule has 0 atom stereocenters. The second kappa shape index (κ2) is 7.06. The number of pyridine rings is 1. The van der Waals surface area contributed by atoms with E-state index in [2.05, 4.69) is 16.7 Å². The Kier molecular flexibility index (Phi) is 5.01. The van der Waals surface area contributed by atoms with Crippen LogP contribution in [0.3, 0.4) is 0 Å². The van der Waals surface area contributed by atoms with E-state index in [4.69, 9.17) is 11.6 Å². The molecule has 0 spiro atoms. The van der Waals surface area contributed by atoms with Gasteiger partial charge in [-0.1, -0.05) is 18.5 Å². The number of aromatic carboxylic acids is 1. The maximum atomic E-state index is 12.5. The number of rotatable bonds is 4. The molecule has 134 valence electrons. The number of nitrogens with zero attached hydrogens (tertiary/aromatic N) is 3. The Balaban J connectivity index is 2.11. The number of likely N-dealkylation sites (N-methyl/N-ethyl adjacent to an activating group) is 1. The molecule has 0 unspecified atom stereocenters. The molecule has 1 N–H and O–H groups in total. The fourth-order valence-corrected chi connectivity index (χ4v) is 3.64. The highest BCUT2D eigenvalue weighted by Crippen LogP contribution is 2.31. The van der Waals surface area contributed by atoms with Crippen LogP contribution < -0.4 is 10.3 Å². The second-order valence-corrected chi connectivity index (χ2v) is 6.61. The molecule has 2 aromatic rings. The van der Waals surface area contributed by atoms with Gasteiger partial charge in [-0.15, -0.1) is 0 Å². The van der Waals surface area contributed by atoms with Crippen LogP contribution in [0.15, 0.2) is 23.1 Å². The van der Waals surface area contributed by atoms with Crippen molar-refractivity contribution in [3.63, 3.8) is 0 Å². The van der Waals surface area contributed by atoms with Gasteiger partial charge in [0.1, 0.15) is 5.56 Å². The molecule has 1 aliphatic heterocycles. The number of anilines is 1. The minimum Gasteiger partial charge on any atom is -0.477 e. The van der Waals surface area contributed by atoms with Gasteiger partial charge in [-0.05, 0) is 25.6 Å². The number of benzene rings is 1. The first kappa shape index (κ1) is 17.8. The van der Waals surface area contributed by atoms with Crippen molar-refractivity contribution in [3.8, 4) is 0 Å². The SMILES string of the molecule is CCN1CCN(c2cc3c(cc2Cl)c(=O)c(C(=O)O)cn3CC)CC1. The van der Waals surface area contributed by atoms with Crippen molar-refractivity contribution in [3.05, 3.63) is 39.1 Å². The van der Waals surface area contributed by atoms with E-state index in [9.17, 15) is 14.7 Å². The first-order valence-corrected chi connectivity index (χ1v) is 8.91. The molecule has 0 radical (unpaired) electrons. The predicted octanol–water partition coefficient (Wildman–Crippen LogP) is 2.51. The maximum absolute atomic E-state index is 12.5. The summed E-state index contributed by atoms with van der Waals surface area (Å²) in [4.78, 5) is 28.4. The average molecular weight is 364 g/mol. The Morgan fingerprint density at radius 1 is 1.16 bits per heavy atom. The lowest BCUT2D eigenvalue weighted by Gasteiger charge is -2.36. The van der Waals surface area contributed by atoms with E-state index < -0.39 is 11.4 Å². The summed E-state index contributed by atoms with van der Waals surface area (Å²) in [5, 5.41) is 10.1. The van der Waals surface area contributed by atoms with E-state index in [0.29, 0.717) is 17.0 Å². The fourth-order valence-electron chi connectivity index (χ4n) is 3.36. The third-order valence-corrected chi connectivity index (χ3v) is 5.18. The monoisotopic (exact) mass is 363 g/mol. The third-order valence-electron chi connectivity index (χ3n) is 4.88. The third kappa shape index (κ3) is 3.24. The van der Waals surface area contributed by atoms with Gasteiger partial charge in [-0.3, -0.25) is 4.79 Å². The first-order chi connectivity index (χ1) is 12.0. The molecule has 25 heavy (non-hydrogen) atoms. The van der Waals surface area contributed by atoms with Gasteiger partial charge in [-0.2, -0.15) is 0 Å². The van der Waals surface area contributed by atoms with Crippen LogP contribution in [0.5, 0.6) is 0 Å². The standard InChI is InChI=1S/C18H22ClN3O3/c1-3-20-5-7-22(8-6-20)16-10-15-12(9-14(16)19)17(23)13(18(24)25)11-21(15)4-2/h9-11H,3-8H2,1-2H3,(H,24,25). The van der Waals surface area contributed by atoms with Crippen molar-refractivity contribution < 1.29 is 9.90 Å². The Labute approximate surface area is 151 Å². The molecule has 1 aliphatic rings. The summed E-state index contributed by atoms with van der Waals surface area (Å²) >= 11 is 6.46. The van der Waals surface area contributed by atoms with E-state index in [1.54, 1.807) is 10.6 Å². The zero-order valence-corrected chi connectivity index (χ0v) is 15.2. The van der Waals surface area contributed by atoms with Crippen LogP contribution in [-0.2, 0) is 6.54 Å². The summed E-state index contributed by atoms with van der Waals surface area (Å²) < 4.78 is 1.79. The minimum absolute atomic E-state index is 0.227. The summed E-state index contributed by atoms with van der Waals surface area (Å²) in [6, 6.07) is 3.52. The molecule has 0 bridgehead atoms. The smallest absolute Gasteiger partial charge is 0.341 e. The van der Waals surface area contributed by atoms with Crippen molar-refractivity contribution in [2.24, 2.45) is 0 Å². The molecule has 0 saturated carbocycles. The van der Waals surface area contributed by atoms with Crippen LogP contribution >= 0.6 is 11.6 Å². The van der Waals surface area contributed by atoms with Crippen molar-refractivity contribution in [1.29, 1.82) is 0 Å². The van der Waals surface area contributed by atoms with Gasteiger partial charge in [0.2, 0.25) is 5.43 Å². The lowest BCUT2D eigenvalue weighted by atomic mass is 10.1. The molecule has 3 rings (SSSR count). The Morgan fingerprint density at radius 3 is 2.40 bits per heavy atom. The van der Waals surface area contributed by atoms with Gasteiger partial charge < -0.3 is 19.5 Å². The Morgan fingerprint density at radius 2 is 1.84 bits per heavy atom. The van der Waals surface area contributed by atoms with Gasteiger partial charge in [0, 0.05) is 44.3 Å². The van der Waals surface area contributed by atoms with E-state index in [1.165, 1.54) is 6.20 Å². The number of fused-ring (bicyclic) bond motifs is 1. The van der Waals surface area contributed by atoms with Crippen LogP contribution in [0.1, 0.15) is 24.2 Å².